The number of nitrogens with zero attached hydrogens (tertiary/aromatic N) is 1. The topological polar surface area (TPSA) is 55.8 Å². The summed E-state index contributed by atoms with van der Waals surface area (Å²) in [5, 5.41) is 0.669. The fourth-order valence-corrected chi connectivity index (χ4v) is 7.93. The summed E-state index contributed by atoms with van der Waals surface area (Å²) in [7, 11) is 0. The molecule has 46 heavy (non-hydrogen) atoms. The third-order valence-electron chi connectivity index (χ3n) is 9.17. The summed E-state index contributed by atoms with van der Waals surface area (Å²) in [5.74, 6) is 0.887. The molecule has 0 bridgehead atoms. The van der Waals surface area contributed by atoms with Crippen LogP contribution < -0.4 is 9.47 Å². The molecule has 0 saturated heterocycles. The molecular weight excluding hydrogens is 662 g/mol. The average Bonchev–Trinajstić information content (AvgIpc) is 2.97. The Bertz CT molecular complexity index is 1690. The molecule has 1 heterocycles. The quantitative estimate of drug-likeness (QED) is 0.234. The van der Waals surface area contributed by atoms with Crippen molar-refractivity contribution in [2.45, 2.75) is 79.4 Å². The van der Waals surface area contributed by atoms with Gasteiger partial charge in [0.15, 0.2) is 23.1 Å². The van der Waals surface area contributed by atoms with Gasteiger partial charge in [-0.1, -0.05) is 81.8 Å². The number of Topliss-reactive ketones (excluding diaryl/α,β-unsaturated/α-hetero) is 2. The first-order valence-electron chi connectivity index (χ1n) is 16.0. The minimum Gasteiger partial charge on any atom is -0.490 e. The molecular formula is C39H41BrClNO4. The van der Waals surface area contributed by atoms with Crippen LogP contribution in [-0.4, -0.2) is 23.1 Å². The van der Waals surface area contributed by atoms with E-state index in [1.807, 2.05) is 61.5 Å². The van der Waals surface area contributed by atoms with Crippen molar-refractivity contribution in [1.82, 2.24) is 4.90 Å². The molecule has 0 amide bonds. The second-order valence-electron chi connectivity index (χ2n) is 14.3. The normalized spacial score (nSPS) is 19.2. The molecule has 3 aliphatic rings. The number of ether oxygens (including phenoxy) is 2. The van der Waals surface area contributed by atoms with Gasteiger partial charge in [0.25, 0.3) is 0 Å². The zero-order valence-corrected chi connectivity index (χ0v) is 29.6. The highest BCUT2D eigenvalue weighted by Crippen LogP contribution is 2.56. The third-order valence-corrected chi connectivity index (χ3v) is 10.0. The Morgan fingerprint density at radius 1 is 0.804 bits per heavy atom. The van der Waals surface area contributed by atoms with E-state index in [0.717, 1.165) is 52.1 Å². The molecule has 3 aromatic rings. The van der Waals surface area contributed by atoms with Crippen LogP contribution in [-0.2, 0) is 22.7 Å². The van der Waals surface area contributed by atoms with Crippen LogP contribution in [0.1, 0.15) is 82.9 Å². The first-order valence-corrected chi connectivity index (χ1v) is 17.2. The van der Waals surface area contributed by atoms with Gasteiger partial charge in [0, 0.05) is 52.9 Å². The average molecular weight is 703 g/mol. The van der Waals surface area contributed by atoms with Crippen LogP contribution in [0.5, 0.6) is 11.5 Å². The lowest BCUT2D eigenvalue weighted by Crippen LogP contribution is -2.44. The van der Waals surface area contributed by atoms with Crippen molar-refractivity contribution in [3.63, 3.8) is 0 Å². The number of rotatable bonds is 8. The van der Waals surface area contributed by atoms with E-state index in [-0.39, 0.29) is 22.4 Å². The van der Waals surface area contributed by atoms with E-state index in [0.29, 0.717) is 53.6 Å². The summed E-state index contributed by atoms with van der Waals surface area (Å²) >= 11 is 9.86. The van der Waals surface area contributed by atoms with Crippen molar-refractivity contribution in [3.05, 3.63) is 115 Å². The molecule has 5 nitrogen and oxygen atoms in total. The van der Waals surface area contributed by atoms with Gasteiger partial charge in [0.2, 0.25) is 0 Å². The van der Waals surface area contributed by atoms with Gasteiger partial charge in [-0.15, -0.1) is 0 Å². The number of ketones is 2. The Morgan fingerprint density at radius 3 is 1.96 bits per heavy atom. The molecule has 0 unspecified atom stereocenters. The lowest BCUT2D eigenvalue weighted by Gasteiger charge is -2.49. The van der Waals surface area contributed by atoms with Crippen LogP contribution in [0.15, 0.2) is 93.7 Å². The minimum atomic E-state index is -0.481. The van der Waals surface area contributed by atoms with Gasteiger partial charge < -0.3 is 14.4 Å². The van der Waals surface area contributed by atoms with Crippen LogP contribution in [0.3, 0.4) is 0 Å². The number of benzene rings is 3. The Morgan fingerprint density at radius 2 is 1.39 bits per heavy atom. The monoisotopic (exact) mass is 701 g/mol. The van der Waals surface area contributed by atoms with Crippen molar-refractivity contribution in [2.75, 3.05) is 6.61 Å². The summed E-state index contributed by atoms with van der Waals surface area (Å²) in [6.07, 6.45) is 2.38. The molecule has 0 aromatic heterocycles. The van der Waals surface area contributed by atoms with Gasteiger partial charge in [0.1, 0.15) is 6.61 Å². The summed E-state index contributed by atoms with van der Waals surface area (Å²) < 4.78 is 13.2. The maximum atomic E-state index is 14.3. The second kappa shape index (κ2) is 12.7. The standard InChI is InChI=1S/C39H41BrClNO4/c1-6-45-33-17-26(16-28(40)37(33)46-23-25-12-14-27(41)15-13-25)34-35-29(18-38(2,3)20-31(35)43)42(22-24-10-8-7-9-11-24)30-19-39(4,5)21-32(44)36(30)34/h7-17,34H,6,18-23H2,1-5H3. The number of hydrogen-bond donors (Lipinski definition) is 0. The van der Waals surface area contributed by atoms with Gasteiger partial charge in [-0.25, -0.2) is 0 Å². The molecule has 7 heteroatoms. The summed E-state index contributed by atoms with van der Waals surface area (Å²) in [6, 6.07) is 21.9. The van der Waals surface area contributed by atoms with Crippen LogP contribution >= 0.6 is 27.5 Å². The predicted molar refractivity (Wildman–Crippen MR) is 186 cm³/mol. The smallest absolute Gasteiger partial charge is 0.175 e. The maximum Gasteiger partial charge on any atom is 0.175 e. The Hall–Kier alpha value is -3.35. The van der Waals surface area contributed by atoms with Crippen molar-refractivity contribution in [2.24, 2.45) is 10.8 Å². The van der Waals surface area contributed by atoms with E-state index in [1.165, 1.54) is 0 Å². The highest BCUT2D eigenvalue weighted by Gasteiger charge is 2.49. The number of carbonyl (C=O) groups is 2. The molecule has 0 fully saturated rings. The van der Waals surface area contributed by atoms with E-state index in [9.17, 15) is 9.59 Å². The first kappa shape index (κ1) is 32.6. The Balaban J connectivity index is 1.51. The SMILES string of the molecule is CCOc1cc(C2C3=C(CC(C)(C)CC3=O)N(Cc3ccccc3)C3=C2C(=O)CC(C)(C)C3)cc(Br)c1OCc1ccc(Cl)cc1. The van der Waals surface area contributed by atoms with Crippen molar-refractivity contribution in [1.29, 1.82) is 0 Å². The largest absolute Gasteiger partial charge is 0.490 e. The molecule has 0 atom stereocenters. The van der Waals surface area contributed by atoms with Gasteiger partial charge in [-0.3, -0.25) is 9.59 Å². The molecule has 0 N–H and O–H groups in total. The number of allylic oxidation sites excluding steroid dienone is 4. The Labute approximate surface area is 285 Å². The third kappa shape index (κ3) is 6.57. The molecule has 0 spiro atoms. The molecule has 6 rings (SSSR count). The van der Waals surface area contributed by atoms with E-state index >= 15 is 0 Å². The lowest BCUT2D eigenvalue weighted by atomic mass is 9.63. The van der Waals surface area contributed by atoms with Crippen molar-refractivity contribution in [3.8, 4) is 11.5 Å². The van der Waals surface area contributed by atoms with E-state index in [4.69, 9.17) is 21.1 Å². The second-order valence-corrected chi connectivity index (χ2v) is 15.6. The summed E-state index contributed by atoms with van der Waals surface area (Å²) in [5.41, 5.74) is 6.15. The van der Waals surface area contributed by atoms with Gasteiger partial charge in [-0.05, 0) is 87.5 Å². The zero-order valence-electron chi connectivity index (χ0n) is 27.2. The van der Waals surface area contributed by atoms with E-state index < -0.39 is 5.92 Å². The molecule has 240 valence electrons. The number of halogens is 2. The first-order chi connectivity index (χ1) is 21.9. The molecule has 1 aliphatic heterocycles. The zero-order chi connectivity index (χ0) is 32.8. The van der Waals surface area contributed by atoms with Gasteiger partial charge in [0.05, 0.1) is 11.1 Å². The fourth-order valence-electron chi connectivity index (χ4n) is 7.23. The van der Waals surface area contributed by atoms with E-state index in [1.54, 1.807) is 0 Å². The van der Waals surface area contributed by atoms with Crippen molar-refractivity contribution >= 4 is 39.1 Å². The summed E-state index contributed by atoms with van der Waals surface area (Å²) in [4.78, 5) is 30.9. The number of hydrogen-bond acceptors (Lipinski definition) is 5. The van der Waals surface area contributed by atoms with Gasteiger partial charge >= 0.3 is 0 Å². The summed E-state index contributed by atoms with van der Waals surface area (Å²) in [6.45, 7) is 12.0. The number of carbonyl (C=O) groups excluding carboxylic acids is 2. The van der Waals surface area contributed by atoms with Crippen LogP contribution in [0.25, 0.3) is 0 Å². The van der Waals surface area contributed by atoms with Crippen LogP contribution in [0.2, 0.25) is 5.02 Å². The predicted octanol–water partition coefficient (Wildman–Crippen LogP) is 9.97. The van der Waals surface area contributed by atoms with Crippen LogP contribution in [0, 0.1) is 10.8 Å². The maximum absolute atomic E-state index is 14.3. The highest BCUT2D eigenvalue weighted by molar-refractivity contribution is 9.10. The molecule has 2 aliphatic carbocycles. The van der Waals surface area contributed by atoms with E-state index in [2.05, 4.69) is 60.7 Å². The van der Waals surface area contributed by atoms with Gasteiger partial charge in [-0.2, -0.15) is 0 Å². The minimum absolute atomic E-state index is 0.107. The molecule has 0 radical (unpaired) electrons. The molecule has 3 aromatic carbocycles. The molecule has 0 saturated carbocycles. The lowest BCUT2D eigenvalue weighted by molar-refractivity contribution is -0.119. The Kier molecular flexibility index (Phi) is 8.99. The fraction of sp³-hybridized carbons (Fsp3) is 0.385. The highest BCUT2D eigenvalue weighted by atomic mass is 79.9. The van der Waals surface area contributed by atoms with Crippen molar-refractivity contribution < 1.29 is 19.1 Å². The van der Waals surface area contributed by atoms with Crippen LogP contribution in [0.4, 0.5) is 0 Å².